The van der Waals surface area contributed by atoms with E-state index < -0.39 is 10.0 Å². The molecule has 1 aliphatic heterocycles. The summed E-state index contributed by atoms with van der Waals surface area (Å²) in [5.74, 6) is -0.199. The van der Waals surface area contributed by atoms with Crippen molar-refractivity contribution in [2.24, 2.45) is 0 Å². The van der Waals surface area contributed by atoms with E-state index in [0.29, 0.717) is 41.6 Å². The van der Waals surface area contributed by atoms with E-state index in [-0.39, 0.29) is 17.9 Å². The van der Waals surface area contributed by atoms with Crippen LogP contribution in [0.3, 0.4) is 0 Å². The van der Waals surface area contributed by atoms with E-state index in [4.69, 9.17) is 16.3 Å². The maximum atomic E-state index is 13.0. The highest BCUT2D eigenvalue weighted by Crippen LogP contribution is 2.34. The topological polar surface area (TPSA) is 75.7 Å². The number of sulfonamides is 1. The van der Waals surface area contributed by atoms with Gasteiger partial charge in [-0.3, -0.25) is 9.10 Å². The van der Waals surface area contributed by atoms with E-state index in [1.165, 1.54) is 9.87 Å². The number of nitrogens with zero attached hydrogens (tertiary/aromatic N) is 1. The van der Waals surface area contributed by atoms with Crippen molar-refractivity contribution >= 4 is 33.2 Å². The Bertz CT molecular complexity index is 1260. The van der Waals surface area contributed by atoms with Crippen LogP contribution in [-0.4, -0.2) is 40.3 Å². The molecule has 3 aromatic rings. The second-order valence-electron chi connectivity index (χ2n) is 8.85. The quantitative estimate of drug-likeness (QED) is 0.471. The summed E-state index contributed by atoms with van der Waals surface area (Å²) < 4.78 is 31.9. The van der Waals surface area contributed by atoms with Gasteiger partial charge in [-0.1, -0.05) is 60.1 Å². The lowest BCUT2D eigenvalue weighted by Gasteiger charge is -2.38. The maximum absolute atomic E-state index is 13.0. The molecule has 1 saturated heterocycles. The highest BCUT2D eigenvalue weighted by atomic mass is 35.5. The Balaban J connectivity index is 1.49. The van der Waals surface area contributed by atoms with Crippen LogP contribution in [0, 0.1) is 0 Å². The standard InChI is InChI=1S/C27H29ClN2O4S/c1-35(32,33)30(19-22-7-5-6-10-25(22)28)24-13-11-21(12-14-24)26(31)29-20-27(15-17-34-18-16-27)23-8-3-2-4-9-23/h2-14H,15-20H2,1H3,(H,29,31). The van der Waals surface area contributed by atoms with Gasteiger partial charge >= 0.3 is 0 Å². The molecule has 1 heterocycles. The molecule has 0 saturated carbocycles. The number of anilines is 1. The van der Waals surface area contributed by atoms with E-state index in [1.54, 1.807) is 42.5 Å². The minimum atomic E-state index is -3.57. The van der Waals surface area contributed by atoms with Crippen molar-refractivity contribution in [2.75, 3.05) is 30.3 Å². The van der Waals surface area contributed by atoms with Crippen LogP contribution in [0.2, 0.25) is 5.02 Å². The molecule has 184 valence electrons. The summed E-state index contributed by atoms with van der Waals surface area (Å²) >= 11 is 6.24. The zero-order chi connectivity index (χ0) is 24.9. The number of carbonyl (C=O) groups is 1. The summed E-state index contributed by atoms with van der Waals surface area (Å²) in [6.07, 6.45) is 2.82. The van der Waals surface area contributed by atoms with Crippen molar-refractivity contribution in [3.8, 4) is 0 Å². The molecule has 1 amide bonds. The number of amides is 1. The molecule has 0 aromatic heterocycles. The van der Waals surface area contributed by atoms with Crippen LogP contribution >= 0.6 is 11.6 Å². The molecule has 4 rings (SSSR count). The second-order valence-corrected chi connectivity index (χ2v) is 11.2. The Morgan fingerprint density at radius 3 is 2.23 bits per heavy atom. The van der Waals surface area contributed by atoms with Crippen molar-refractivity contribution in [1.29, 1.82) is 0 Å². The van der Waals surface area contributed by atoms with Crippen LogP contribution in [0.4, 0.5) is 5.69 Å². The summed E-state index contributed by atoms with van der Waals surface area (Å²) in [7, 11) is -3.57. The average Bonchev–Trinajstić information content (AvgIpc) is 2.87. The van der Waals surface area contributed by atoms with E-state index >= 15 is 0 Å². The number of carbonyl (C=O) groups excluding carboxylic acids is 1. The van der Waals surface area contributed by atoms with Crippen molar-refractivity contribution in [3.63, 3.8) is 0 Å². The molecule has 0 spiro atoms. The zero-order valence-corrected chi connectivity index (χ0v) is 21.2. The number of nitrogens with one attached hydrogen (secondary N) is 1. The Morgan fingerprint density at radius 2 is 1.60 bits per heavy atom. The van der Waals surface area contributed by atoms with Crippen LogP contribution in [0.25, 0.3) is 0 Å². The fourth-order valence-electron chi connectivity index (χ4n) is 4.43. The third-order valence-corrected chi connectivity index (χ3v) is 8.02. The van der Waals surface area contributed by atoms with Crippen molar-refractivity contribution < 1.29 is 17.9 Å². The molecule has 1 fully saturated rings. The van der Waals surface area contributed by atoms with Gasteiger partial charge in [-0.2, -0.15) is 0 Å². The lowest BCUT2D eigenvalue weighted by Crippen LogP contribution is -2.44. The SMILES string of the molecule is CS(=O)(=O)N(Cc1ccccc1Cl)c1ccc(C(=O)NCC2(c3ccccc3)CCOCC2)cc1. The number of rotatable bonds is 8. The van der Waals surface area contributed by atoms with E-state index in [0.717, 1.165) is 19.1 Å². The minimum Gasteiger partial charge on any atom is -0.381 e. The number of hydrogen-bond donors (Lipinski definition) is 1. The van der Waals surface area contributed by atoms with Crippen LogP contribution < -0.4 is 9.62 Å². The van der Waals surface area contributed by atoms with Crippen molar-refractivity contribution in [3.05, 3.63) is 101 Å². The van der Waals surface area contributed by atoms with Gasteiger partial charge in [0.05, 0.1) is 18.5 Å². The predicted molar refractivity (Wildman–Crippen MR) is 139 cm³/mol. The van der Waals surface area contributed by atoms with Gasteiger partial charge in [0.25, 0.3) is 5.91 Å². The molecule has 3 aromatic carbocycles. The first-order valence-corrected chi connectivity index (χ1v) is 13.7. The second kappa shape index (κ2) is 10.8. The fraction of sp³-hybridized carbons (Fsp3) is 0.296. The van der Waals surface area contributed by atoms with Crippen molar-refractivity contribution in [1.82, 2.24) is 5.32 Å². The number of benzene rings is 3. The van der Waals surface area contributed by atoms with Gasteiger partial charge < -0.3 is 10.1 Å². The molecule has 6 nitrogen and oxygen atoms in total. The van der Waals surface area contributed by atoms with E-state index in [2.05, 4.69) is 17.4 Å². The van der Waals surface area contributed by atoms with Gasteiger partial charge in [0.15, 0.2) is 0 Å². The first kappa shape index (κ1) is 25.2. The third kappa shape index (κ3) is 6.04. The summed E-state index contributed by atoms with van der Waals surface area (Å²) in [6, 6.07) is 23.9. The highest BCUT2D eigenvalue weighted by molar-refractivity contribution is 7.92. The molecule has 35 heavy (non-hydrogen) atoms. The molecule has 0 radical (unpaired) electrons. The Kier molecular flexibility index (Phi) is 7.79. The van der Waals surface area contributed by atoms with Gasteiger partial charge in [0, 0.05) is 35.8 Å². The van der Waals surface area contributed by atoms with Gasteiger partial charge in [0.1, 0.15) is 0 Å². The third-order valence-electron chi connectivity index (χ3n) is 6.51. The largest absolute Gasteiger partial charge is 0.381 e. The average molecular weight is 513 g/mol. The zero-order valence-electron chi connectivity index (χ0n) is 19.6. The van der Waals surface area contributed by atoms with Crippen LogP contribution in [0.15, 0.2) is 78.9 Å². The minimum absolute atomic E-state index is 0.103. The molecule has 0 unspecified atom stereocenters. The monoisotopic (exact) mass is 512 g/mol. The summed E-state index contributed by atoms with van der Waals surface area (Å²) in [4.78, 5) is 13.0. The molecular weight excluding hydrogens is 484 g/mol. The Labute approximate surface area is 211 Å². The number of ether oxygens (including phenoxy) is 1. The number of halogens is 1. The molecule has 1 aliphatic rings. The van der Waals surface area contributed by atoms with Gasteiger partial charge in [-0.25, -0.2) is 8.42 Å². The molecule has 1 N–H and O–H groups in total. The van der Waals surface area contributed by atoms with Gasteiger partial charge in [0.2, 0.25) is 10.0 Å². The molecule has 8 heteroatoms. The van der Waals surface area contributed by atoms with Crippen LogP contribution in [-0.2, 0) is 26.7 Å². The van der Waals surface area contributed by atoms with Crippen LogP contribution in [0.1, 0.15) is 34.3 Å². The first-order valence-electron chi connectivity index (χ1n) is 11.5. The van der Waals surface area contributed by atoms with Crippen LogP contribution in [0.5, 0.6) is 0 Å². The molecular formula is C27H29ClN2O4S. The van der Waals surface area contributed by atoms with E-state index in [9.17, 15) is 13.2 Å². The molecule has 0 aliphatic carbocycles. The summed E-state index contributed by atoms with van der Waals surface area (Å²) in [5.41, 5.74) is 2.66. The first-order chi connectivity index (χ1) is 16.8. The predicted octanol–water partition coefficient (Wildman–Crippen LogP) is 4.78. The lowest BCUT2D eigenvalue weighted by molar-refractivity contribution is 0.0487. The smallest absolute Gasteiger partial charge is 0.251 e. The number of hydrogen-bond acceptors (Lipinski definition) is 4. The fourth-order valence-corrected chi connectivity index (χ4v) is 5.51. The Hall–Kier alpha value is -2.87. The molecule has 0 atom stereocenters. The van der Waals surface area contributed by atoms with E-state index in [1.807, 2.05) is 24.3 Å². The normalized spacial score (nSPS) is 15.4. The highest BCUT2D eigenvalue weighted by Gasteiger charge is 2.34. The van der Waals surface area contributed by atoms with Crippen molar-refractivity contribution in [2.45, 2.75) is 24.8 Å². The lowest BCUT2D eigenvalue weighted by atomic mass is 9.74. The van der Waals surface area contributed by atoms with Gasteiger partial charge in [-0.15, -0.1) is 0 Å². The Morgan fingerprint density at radius 1 is 0.971 bits per heavy atom. The molecule has 0 bridgehead atoms. The summed E-state index contributed by atoms with van der Waals surface area (Å²) in [5, 5.41) is 3.59. The maximum Gasteiger partial charge on any atom is 0.251 e. The summed E-state index contributed by atoms with van der Waals surface area (Å²) in [6.45, 7) is 1.92. The van der Waals surface area contributed by atoms with Gasteiger partial charge in [-0.05, 0) is 54.3 Å².